The summed E-state index contributed by atoms with van der Waals surface area (Å²) in [7, 11) is -3.13. The Hall–Kier alpha value is -2.22. The molecule has 0 aliphatic carbocycles. The van der Waals surface area contributed by atoms with Gasteiger partial charge in [-0.05, 0) is 36.4 Å². The van der Waals surface area contributed by atoms with Crippen molar-refractivity contribution in [2.24, 2.45) is 0 Å². The highest BCUT2D eigenvalue weighted by Crippen LogP contribution is 2.45. The van der Waals surface area contributed by atoms with E-state index in [2.05, 4.69) is 4.98 Å². The van der Waals surface area contributed by atoms with Crippen molar-refractivity contribution < 1.29 is 9.09 Å². The third kappa shape index (κ3) is 3.16. The van der Waals surface area contributed by atoms with Crippen molar-refractivity contribution in [2.75, 3.05) is 0 Å². The van der Waals surface area contributed by atoms with Crippen LogP contribution in [-0.4, -0.2) is 4.98 Å². The van der Waals surface area contributed by atoms with Crippen LogP contribution in [0.4, 0.5) is 0 Å². The van der Waals surface area contributed by atoms with Crippen LogP contribution >= 0.6 is 7.37 Å². The third-order valence-electron chi connectivity index (χ3n) is 3.31. The number of nitrogens with zero attached hydrogens (tertiary/aromatic N) is 1. The van der Waals surface area contributed by atoms with Gasteiger partial charge in [-0.3, -0.25) is 9.55 Å². The summed E-state index contributed by atoms with van der Waals surface area (Å²) in [4.78, 5) is 4.22. The van der Waals surface area contributed by atoms with Crippen LogP contribution in [0.25, 0.3) is 0 Å². The Balaban J connectivity index is 1.95. The van der Waals surface area contributed by atoms with Crippen LogP contribution in [-0.2, 0) is 15.7 Å². The average Bonchev–Trinajstić information content (AvgIpc) is 2.62. The van der Waals surface area contributed by atoms with Crippen LogP contribution in [0, 0.1) is 0 Å². The quantitative estimate of drug-likeness (QED) is 0.677. The van der Waals surface area contributed by atoms with E-state index in [0.717, 1.165) is 5.69 Å². The van der Waals surface area contributed by atoms with Gasteiger partial charge < -0.3 is 4.52 Å². The van der Waals surface area contributed by atoms with Crippen LogP contribution in [0.5, 0.6) is 0 Å². The molecule has 0 spiro atoms. The van der Waals surface area contributed by atoms with Crippen molar-refractivity contribution in [3.05, 3.63) is 90.8 Å². The summed E-state index contributed by atoms with van der Waals surface area (Å²) in [5.41, 5.74) is 0.759. The Morgan fingerprint density at radius 2 is 1.32 bits per heavy atom. The van der Waals surface area contributed by atoms with E-state index in [1.165, 1.54) is 0 Å². The maximum Gasteiger partial charge on any atom is 0.261 e. The van der Waals surface area contributed by atoms with Gasteiger partial charge in [0.25, 0.3) is 7.37 Å². The van der Waals surface area contributed by atoms with Crippen LogP contribution in [0.15, 0.2) is 85.1 Å². The molecule has 0 N–H and O–H groups in total. The first-order chi connectivity index (χ1) is 10.8. The molecule has 0 aliphatic rings. The standard InChI is InChI=1S/C18H16NO2P/c20-22(17-10-3-1-4-11-17,18-12-5-2-6-13-18)21-15-16-9-7-8-14-19-16/h1-14H,15H2. The summed E-state index contributed by atoms with van der Waals surface area (Å²) < 4.78 is 19.4. The highest BCUT2D eigenvalue weighted by atomic mass is 31.2. The molecule has 0 aliphatic heterocycles. The molecule has 110 valence electrons. The summed E-state index contributed by atoms with van der Waals surface area (Å²) in [5, 5.41) is 1.38. The maximum absolute atomic E-state index is 13.5. The largest absolute Gasteiger partial charge is 0.316 e. The summed E-state index contributed by atoms with van der Waals surface area (Å²) in [6.07, 6.45) is 1.70. The highest BCUT2D eigenvalue weighted by molar-refractivity contribution is 7.74. The van der Waals surface area contributed by atoms with E-state index >= 15 is 0 Å². The molecule has 3 nitrogen and oxygen atoms in total. The highest BCUT2D eigenvalue weighted by Gasteiger charge is 2.28. The molecule has 0 amide bonds. The number of hydrogen-bond donors (Lipinski definition) is 0. The molecular weight excluding hydrogens is 293 g/mol. The Labute approximate surface area is 130 Å². The first-order valence-electron chi connectivity index (χ1n) is 7.05. The fraction of sp³-hybridized carbons (Fsp3) is 0.0556. The molecule has 0 fully saturated rings. The first-order valence-corrected chi connectivity index (χ1v) is 8.67. The van der Waals surface area contributed by atoms with Gasteiger partial charge in [-0.2, -0.15) is 0 Å². The predicted octanol–water partition coefficient (Wildman–Crippen LogP) is 3.53. The van der Waals surface area contributed by atoms with Crippen LogP contribution in [0.1, 0.15) is 5.69 Å². The maximum atomic E-state index is 13.5. The SMILES string of the molecule is O=P(OCc1ccccn1)(c1ccccc1)c1ccccc1. The lowest BCUT2D eigenvalue weighted by Gasteiger charge is -2.19. The Bertz CT molecular complexity index is 717. The second-order valence-electron chi connectivity index (χ2n) is 4.82. The minimum absolute atomic E-state index is 0.210. The molecule has 3 aromatic rings. The van der Waals surface area contributed by atoms with Gasteiger partial charge in [0, 0.05) is 16.8 Å². The molecule has 0 saturated heterocycles. The van der Waals surface area contributed by atoms with Gasteiger partial charge in [-0.1, -0.05) is 42.5 Å². The van der Waals surface area contributed by atoms with E-state index in [9.17, 15) is 4.57 Å². The zero-order valence-electron chi connectivity index (χ0n) is 12.0. The van der Waals surface area contributed by atoms with E-state index in [1.54, 1.807) is 6.20 Å². The van der Waals surface area contributed by atoms with Gasteiger partial charge in [-0.25, -0.2) is 0 Å². The summed E-state index contributed by atoms with van der Waals surface area (Å²) in [6, 6.07) is 24.2. The Morgan fingerprint density at radius 3 is 1.82 bits per heavy atom. The molecule has 3 rings (SSSR count). The molecule has 0 saturated carbocycles. The van der Waals surface area contributed by atoms with Crippen molar-refractivity contribution >= 4 is 18.0 Å². The van der Waals surface area contributed by atoms with Gasteiger partial charge in [-0.15, -0.1) is 0 Å². The first kappa shape index (κ1) is 14.7. The van der Waals surface area contributed by atoms with Crippen molar-refractivity contribution in [3.63, 3.8) is 0 Å². The van der Waals surface area contributed by atoms with Crippen molar-refractivity contribution in [3.8, 4) is 0 Å². The number of hydrogen-bond acceptors (Lipinski definition) is 3. The lowest BCUT2D eigenvalue weighted by Crippen LogP contribution is -2.18. The molecule has 0 unspecified atom stereocenters. The molecule has 1 heterocycles. The molecule has 0 atom stereocenters. The molecule has 4 heteroatoms. The second-order valence-corrected chi connectivity index (χ2v) is 7.21. The van der Waals surface area contributed by atoms with Gasteiger partial charge in [0.15, 0.2) is 0 Å². The van der Waals surface area contributed by atoms with E-state index in [1.807, 2.05) is 78.9 Å². The monoisotopic (exact) mass is 309 g/mol. The predicted molar refractivity (Wildman–Crippen MR) is 88.8 cm³/mol. The average molecular weight is 309 g/mol. The fourth-order valence-corrected chi connectivity index (χ4v) is 4.23. The van der Waals surface area contributed by atoms with Crippen molar-refractivity contribution in [1.82, 2.24) is 4.98 Å². The van der Waals surface area contributed by atoms with Gasteiger partial charge in [0.1, 0.15) is 0 Å². The van der Waals surface area contributed by atoms with E-state index in [4.69, 9.17) is 4.52 Å². The fourth-order valence-electron chi connectivity index (χ4n) is 2.19. The zero-order chi connectivity index (χ0) is 15.3. The second kappa shape index (κ2) is 6.69. The van der Waals surface area contributed by atoms with Gasteiger partial charge in [0.05, 0.1) is 12.3 Å². The lowest BCUT2D eigenvalue weighted by molar-refractivity contribution is 0.311. The van der Waals surface area contributed by atoms with Crippen LogP contribution in [0.2, 0.25) is 0 Å². The topological polar surface area (TPSA) is 39.2 Å². The van der Waals surface area contributed by atoms with Crippen LogP contribution < -0.4 is 10.6 Å². The number of rotatable bonds is 5. The lowest BCUT2D eigenvalue weighted by atomic mass is 10.4. The molecular formula is C18H16NO2P. The molecule has 22 heavy (non-hydrogen) atoms. The van der Waals surface area contributed by atoms with Gasteiger partial charge in [0.2, 0.25) is 0 Å². The van der Waals surface area contributed by atoms with Crippen molar-refractivity contribution in [2.45, 2.75) is 6.61 Å². The molecule has 0 bridgehead atoms. The van der Waals surface area contributed by atoms with Crippen molar-refractivity contribution in [1.29, 1.82) is 0 Å². The third-order valence-corrected chi connectivity index (χ3v) is 5.76. The van der Waals surface area contributed by atoms with Gasteiger partial charge >= 0.3 is 0 Å². The summed E-state index contributed by atoms with van der Waals surface area (Å²) in [5.74, 6) is 0. The van der Waals surface area contributed by atoms with Crippen LogP contribution in [0.3, 0.4) is 0 Å². The summed E-state index contributed by atoms with van der Waals surface area (Å²) >= 11 is 0. The zero-order valence-corrected chi connectivity index (χ0v) is 12.9. The number of aromatic nitrogens is 1. The Kier molecular flexibility index (Phi) is 4.47. The number of benzene rings is 2. The number of pyridine rings is 1. The summed E-state index contributed by atoms with van der Waals surface area (Å²) in [6.45, 7) is 0.210. The molecule has 2 aromatic carbocycles. The Morgan fingerprint density at radius 1 is 0.773 bits per heavy atom. The van der Waals surface area contributed by atoms with E-state index < -0.39 is 7.37 Å². The minimum Gasteiger partial charge on any atom is -0.316 e. The van der Waals surface area contributed by atoms with E-state index in [0.29, 0.717) is 10.6 Å². The smallest absolute Gasteiger partial charge is 0.261 e. The van der Waals surface area contributed by atoms with E-state index in [-0.39, 0.29) is 6.61 Å². The molecule has 1 aromatic heterocycles. The normalized spacial score (nSPS) is 11.3. The molecule has 0 radical (unpaired) electrons. The minimum atomic E-state index is -3.13.